The Kier molecular flexibility index (Phi) is 4.49. The fourth-order valence-corrected chi connectivity index (χ4v) is 4.19. The molecule has 6 heteroatoms. The van der Waals surface area contributed by atoms with E-state index in [-0.39, 0.29) is 17.2 Å². The normalized spacial score (nSPS) is 23.5. The Hall–Kier alpha value is -2.63. The molecule has 2 amide bonds. The SMILES string of the molecule is O=C(c1ccoc1)N1CCCC2(CC1)CCN(Cc1cccnc1)C2=O. The van der Waals surface area contributed by atoms with Gasteiger partial charge >= 0.3 is 0 Å². The number of amides is 2. The number of nitrogens with zero attached hydrogens (tertiary/aromatic N) is 3. The van der Waals surface area contributed by atoms with Crippen LogP contribution < -0.4 is 0 Å². The van der Waals surface area contributed by atoms with Gasteiger partial charge in [-0.15, -0.1) is 0 Å². The third-order valence-corrected chi connectivity index (χ3v) is 5.70. The summed E-state index contributed by atoms with van der Waals surface area (Å²) >= 11 is 0. The van der Waals surface area contributed by atoms with Crippen molar-refractivity contribution in [1.82, 2.24) is 14.8 Å². The maximum absolute atomic E-state index is 13.1. The number of carbonyl (C=O) groups is 2. The van der Waals surface area contributed by atoms with Crippen molar-refractivity contribution in [3.63, 3.8) is 0 Å². The van der Waals surface area contributed by atoms with E-state index in [0.29, 0.717) is 25.2 Å². The van der Waals surface area contributed by atoms with Crippen LogP contribution in [0.25, 0.3) is 0 Å². The highest BCUT2D eigenvalue weighted by Gasteiger charge is 2.47. The predicted octanol–water partition coefficient (Wildman–Crippen LogP) is 2.72. The van der Waals surface area contributed by atoms with E-state index in [1.165, 1.54) is 12.5 Å². The summed E-state index contributed by atoms with van der Waals surface area (Å²) in [5.41, 5.74) is 1.33. The van der Waals surface area contributed by atoms with E-state index in [0.717, 1.165) is 37.8 Å². The molecule has 0 aromatic carbocycles. The summed E-state index contributed by atoms with van der Waals surface area (Å²) < 4.78 is 5.03. The summed E-state index contributed by atoms with van der Waals surface area (Å²) in [4.78, 5) is 33.6. The van der Waals surface area contributed by atoms with Gasteiger partial charge in [0.25, 0.3) is 5.91 Å². The standard InChI is InChI=1S/C20H23N3O3/c24-18(17-4-12-26-15-17)22-9-2-5-20(6-10-22)7-11-23(19(20)25)14-16-3-1-8-21-13-16/h1,3-4,8,12-13,15H,2,5-7,9-11,14H2. The fraction of sp³-hybridized carbons (Fsp3) is 0.450. The Labute approximate surface area is 152 Å². The summed E-state index contributed by atoms with van der Waals surface area (Å²) in [6.45, 7) is 2.72. The lowest BCUT2D eigenvalue weighted by Crippen LogP contribution is -2.36. The van der Waals surface area contributed by atoms with Crippen molar-refractivity contribution in [2.24, 2.45) is 5.41 Å². The molecule has 1 spiro atoms. The van der Waals surface area contributed by atoms with Crippen LogP contribution in [0.1, 0.15) is 41.6 Å². The minimum atomic E-state index is -0.312. The highest BCUT2D eigenvalue weighted by Crippen LogP contribution is 2.42. The molecule has 0 radical (unpaired) electrons. The Morgan fingerprint density at radius 3 is 2.85 bits per heavy atom. The molecule has 2 aliphatic heterocycles. The second kappa shape index (κ2) is 6.94. The van der Waals surface area contributed by atoms with E-state index in [9.17, 15) is 9.59 Å². The summed E-state index contributed by atoms with van der Waals surface area (Å²) in [7, 11) is 0. The molecule has 4 rings (SSSR count). The van der Waals surface area contributed by atoms with Gasteiger partial charge in [-0.2, -0.15) is 0 Å². The average molecular weight is 353 g/mol. The maximum atomic E-state index is 13.1. The van der Waals surface area contributed by atoms with Crippen molar-refractivity contribution in [2.75, 3.05) is 19.6 Å². The Bertz CT molecular complexity index is 775. The Morgan fingerprint density at radius 2 is 2.08 bits per heavy atom. The van der Waals surface area contributed by atoms with E-state index in [1.807, 2.05) is 28.1 Å². The number of furan rings is 1. The number of rotatable bonds is 3. The molecule has 0 N–H and O–H groups in total. The molecule has 0 saturated carbocycles. The molecule has 136 valence electrons. The van der Waals surface area contributed by atoms with Gasteiger partial charge in [0.1, 0.15) is 6.26 Å². The summed E-state index contributed by atoms with van der Waals surface area (Å²) in [5, 5.41) is 0. The minimum absolute atomic E-state index is 0.00605. The van der Waals surface area contributed by atoms with Crippen LogP contribution in [-0.2, 0) is 11.3 Å². The van der Waals surface area contributed by atoms with Gasteiger partial charge in [-0.25, -0.2) is 0 Å². The first kappa shape index (κ1) is 16.8. The largest absolute Gasteiger partial charge is 0.472 e. The molecule has 1 unspecified atom stereocenters. The second-order valence-electron chi connectivity index (χ2n) is 7.28. The Balaban J connectivity index is 1.43. The zero-order valence-electron chi connectivity index (χ0n) is 14.8. The average Bonchev–Trinajstić information content (AvgIpc) is 3.23. The first-order valence-electron chi connectivity index (χ1n) is 9.18. The molecular formula is C20H23N3O3. The molecule has 2 aromatic heterocycles. The number of pyridine rings is 1. The summed E-state index contributed by atoms with van der Waals surface area (Å²) in [5.74, 6) is 0.229. The first-order valence-corrected chi connectivity index (χ1v) is 9.18. The number of carbonyl (C=O) groups excluding carboxylic acids is 2. The van der Waals surface area contributed by atoms with E-state index in [2.05, 4.69) is 4.98 Å². The van der Waals surface area contributed by atoms with Gasteiger partial charge in [0.2, 0.25) is 5.91 Å². The maximum Gasteiger partial charge on any atom is 0.257 e. The minimum Gasteiger partial charge on any atom is -0.472 e. The van der Waals surface area contributed by atoms with Gasteiger partial charge in [-0.3, -0.25) is 14.6 Å². The summed E-state index contributed by atoms with van der Waals surface area (Å²) in [6.07, 6.45) is 9.88. The topological polar surface area (TPSA) is 66.7 Å². The number of hydrogen-bond donors (Lipinski definition) is 0. The number of hydrogen-bond acceptors (Lipinski definition) is 4. The van der Waals surface area contributed by atoms with Crippen LogP contribution in [0.4, 0.5) is 0 Å². The third kappa shape index (κ3) is 3.11. The van der Waals surface area contributed by atoms with E-state index < -0.39 is 0 Å². The molecule has 26 heavy (non-hydrogen) atoms. The van der Waals surface area contributed by atoms with Gasteiger partial charge in [0.15, 0.2) is 0 Å². The smallest absolute Gasteiger partial charge is 0.257 e. The lowest BCUT2D eigenvalue weighted by atomic mass is 9.79. The monoisotopic (exact) mass is 353 g/mol. The summed E-state index contributed by atoms with van der Waals surface area (Å²) in [6, 6.07) is 5.60. The highest BCUT2D eigenvalue weighted by atomic mass is 16.3. The van der Waals surface area contributed by atoms with Crippen molar-refractivity contribution < 1.29 is 14.0 Å². The highest BCUT2D eigenvalue weighted by molar-refractivity contribution is 5.94. The molecule has 4 heterocycles. The molecule has 2 aliphatic rings. The van der Waals surface area contributed by atoms with E-state index in [1.54, 1.807) is 12.3 Å². The van der Waals surface area contributed by atoms with Gasteiger partial charge in [-0.1, -0.05) is 6.07 Å². The molecule has 2 saturated heterocycles. The molecule has 0 bridgehead atoms. The van der Waals surface area contributed by atoms with Crippen LogP contribution in [-0.4, -0.2) is 46.2 Å². The van der Waals surface area contributed by atoms with Gasteiger partial charge in [0, 0.05) is 38.6 Å². The second-order valence-corrected chi connectivity index (χ2v) is 7.28. The number of aromatic nitrogens is 1. The van der Waals surface area contributed by atoms with Crippen molar-refractivity contribution in [1.29, 1.82) is 0 Å². The van der Waals surface area contributed by atoms with Gasteiger partial charge in [0.05, 0.1) is 17.2 Å². The molecule has 6 nitrogen and oxygen atoms in total. The van der Waals surface area contributed by atoms with Crippen LogP contribution in [0.3, 0.4) is 0 Å². The first-order chi connectivity index (χ1) is 12.7. The van der Waals surface area contributed by atoms with Crippen molar-refractivity contribution >= 4 is 11.8 Å². The molecule has 1 atom stereocenters. The van der Waals surface area contributed by atoms with Crippen LogP contribution in [0, 0.1) is 5.41 Å². The van der Waals surface area contributed by atoms with Crippen molar-refractivity contribution in [2.45, 2.75) is 32.2 Å². The van der Waals surface area contributed by atoms with Crippen molar-refractivity contribution in [3.05, 3.63) is 54.2 Å². The van der Waals surface area contributed by atoms with Crippen LogP contribution in [0.15, 0.2) is 47.5 Å². The molecule has 2 fully saturated rings. The zero-order valence-corrected chi connectivity index (χ0v) is 14.8. The fourth-order valence-electron chi connectivity index (χ4n) is 4.19. The van der Waals surface area contributed by atoms with Gasteiger partial charge < -0.3 is 14.2 Å². The number of likely N-dealkylation sites (tertiary alicyclic amines) is 2. The molecule has 2 aromatic rings. The molecular weight excluding hydrogens is 330 g/mol. The van der Waals surface area contributed by atoms with Crippen LogP contribution in [0.5, 0.6) is 0 Å². The Morgan fingerprint density at radius 1 is 1.19 bits per heavy atom. The van der Waals surface area contributed by atoms with Crippen LogP contribution >= 0.6 is 0 Å². The van der Waals surface area contributed by atoms with Gasteiger partial charge in [-0.05, 0) is 43.4 Å². The van der Waals surface area contributed by atoms with Crippen molar-refractivity contribution in [3.8, 4) is 0 Å². The third-order valence-electron chi connectivity index (χ3n) is 5.70. The lowest BCUT2D eigenvalue weighted by Gasteiger charge is -2.26. The van der Waals surface area contributed by atoms with E-state index in [4.69, 9.17) is 4.42 Å². The van der Waals surface area contributed by atoms with Crippen LogP contribution in [0.2, 0.25) is 0 Å². The molecule has 0 aliphatic carbocycles. The zero-order chi connectivity index (χ0) is 18.0. The lowest BCUT2D eigenvalue weighted by molar-refractivity contribution is -0.137. The predicted molar refractivity (Wildman–Crippen MR) is 95.2 cm³/mol. The quantitative estimate of drug-likeness (QED) is 0.851. The van der Waals surface area contributed by atoms with E-state index >= 15 is 0 Å².